The minimum atomic E-state index is -0.507. The fourth-order valence-electron chi connectivity index (χ4n) is 1.83. The number of hydrogen-bond donors (Lipinski definition) is 1. The summed E-state index contributed by atoms with van der Waals surface area (Å²) in [6, 6.07) is 1.74. The van der Waals surface area contributed by atoms with Gasteiger partial charge in [0, 0.05) is 16.2 Å². The lowest BCUT2D eigenvalue weighted by atomic mass is 9.87. The molecule has 0 aromatic carbocycles. The van der Waals surface area contributed by atoms with Gasteiger partial charge < -0.3 is 0 Å². The third-order valence-corrected chi connectivity index (χ3v) is 3.37. The predicted octanol–water partition coefficient (Wildman–Crippen LogP) is 2.90. The fraction of sp³-hybridized carbons (Fsp3) is 0.545. The van der Waals surface area contributed by atoms with Gasteiger partial charge in [-0.1, -0.05) is 0 Å². The minimum Gasteiger partial charge on any atom is -0.298 e. The molecule has 1 aromatic rings. The van der Waals surface area contributed by atoms with E-state index in [4.69, 9.17) is 4.84 Å². The number of nitrogens with zero attached hydrogens (tertiary/aromatic N) is 1. The van der Waals surface area contributed by atoms with Crippen LogP contribution in [0, 0.1) is 5.95 Å². The second-order valence-corrected chi connectivity index (χ2v) is 5.31. The van der Waals surface area contributed by atoms with E-state index in [1.54, 1.807) is 6.07 Å². The quantitative estimate of drug-likeness (QED) is 0.807. The molecule has 2 rings (SSSR count). The van der Waals surface area contributed by atoms with Crippen LogP contribution in [0.2, 0.25) is 0 Å². The highest BCUT2D eigenvalue weighted by molar-refractivity contribution is 9.10. The van der Waals surface area contributed by atoms with Crippen LogP contribution in [-0.4, -0.2) is 11.1 Å². The van der Waals surface area contributed by atoms with Crippen LogP contribution in [0.15, 0.2) is 16.7 Å². The lowest BCUT2D eigenvalue weighted by molar-refractivity contribution is -0.106. The zero-order chi connectivity index (χ0) is 11.8. The van der Waals surface area contributed by atoms with Crippen molar-refractivity contribution in [2.75, 3.05) is 0 Å². The van der Waals surface area contributed by atoms with Gasteiger partial charge in [0.2, 0.25) is 5.95 Å². The summed E-state index contributed by atoms with van der Waals surface area (Å²) in [6.07, 6.45) is 3.34. The highest BCUT2D eigenvalue weighted by Crippen LogP contribution is 2.33. The van der Waals surface area contributed by atoms with Crippen LogP contribution < -0.4 is 5.48 Å². The molecule has 1 aliphatic rings. The molecule has 0 saturated carbocycles. The maximum absolute atomic E-state index is 13.7. The number of rotatable bonds is 1. The van der Waals surface area contributed by atoms with E-state index in [2.05, 4.69) is 26.4 Å². The highest BCUT2D eigenvalue weighted by atomic mass is 79.9. The van der Waals surface area contributed by atoms with Gasteiger partial charge >= 0.3 is 0 Å². The minimum absolute atomic E-state index is 0.163. The summed E-state index contributed by atoms with van der Waals surface area (Å²) >= 11 is 3.30. The van der Waals surface area contributed by atoms with Gasteiger partial charge in [-0.25, -0.2) is 4.98 Å². The molecule has 1 saturated heterocycles. The van der Waals surface area contributed by atoms with Crippen LogP contribution in [0.3, 0.4) is 0 Å². The van der Waals surface area contributed by atoms with E-state index in [-0.39, 0.29) is 6.10 Å². The standard InChI is InChI=1S/C11H14BrFN2O/c1-7-3-4-11(2,15-16-7)9-5-8(12)6-14-10(9)13/h5-7,15H,3-4H2,1-2H3/t7-,11-/m1/s1. The van der Waals surface area contributed by atoms with E-state index in [0.717, 1.165) is 17.3 Å². The van der Waals surface area contributed by atoms with Gasteiger partial charge in [-0.15, -0.1) is 0 Å². The van der Waals surface area contributed by atoms with Crippen molar-refractivity contribution < 1.29 is 9.23 Å². The highest BCUT2D eigenvalue weighted by Gasteiger charge is 2.34. The Morgan fingerprint density at radius 2 is 2.44 bits per heavy atom. The Morgan fingerprint density at radius 1 is 1.69 bits per heavy atom. The molecule has 0 amide bonds. The normalized spacial score (nSPS) is 30.4. The summed E-state index contributed by atoms with van der Waals surface area (Å²) in [7, 11) is 0. The molecule has 0 spiro atoms. The maximum Gasteiger partial charge on any atom is 0.218 e. The van der Waals surface area contributed by atoms with Gasteiger partial charge in [0.15, 0.2) is 0 Å². The van der Waals surface area contributed by atoms with Crippen molar-refractivity contribution in [3.63, 3.8) is 0 Å². The molecule has 1 aromatic heterocycles. The summed E-state index contributed by atoms with van der Waals surface area (Å²) < 4.78 is 14.4. The molecule has 16 heavy (non-hydrogen) atoms. The molecule has 5 heteroatoms. The second kappa shape index (κ2) is 4.39. The fourth-order valence-corrected chi connectivity index (χ4v) is 2.16. The number of aromatic nitrogens is 1. The Kier molecular flexibility index (Phi) is 3.28. The van der Waals surface area contributed by atoms with Crippen LogP contribution in [0.4, 0.5) is 4.39 Å². The summed E-state index contributed by atoms with van der Waals surface area (Å²) in [6.45, 7) is 3.91. The van der Waals surface area contributed by atoms with Crippen LogP contribution in [0.1, 0.15) is 32.3 Å². The van der Waals surface area contributed by atoms with Gasteiger partial charge in [-0.2, -0.15) is 9.87 Å². The molecule has 2 heterocycles. The van der Waals surface area contributed by atoms with Crippen molar-refractivity contribution >= 4 is 15.9 Å². The Bertz CT molecular complexity index is 392. The molecule has 2 atom stereocenters. The Balaban J connectivity index is 2.32. The first-order valence-electron chi connectivity index (χ1n) is 5.25. The number of nitrogens with one attached hydrogen (secondary N) is 1. The van der Waals surface area contributed by atoms with E-state index in [1.165, 1.54) is 6.20 Å². The van der Waals surface area contributed by atoms with Crippen LogP contribution in [0.5, 0.6) is 0 Å². The van der Waals surface area contributed by atoms with E-state index < -0.39 is 11.5 Å². The third-order valence-electron chi connectivity index (χ3n) is 2.94. The molecular weight excluding hydrogens is 275 g/mol. The lowest BCUT2D eigenvalue weighted by Crippen LogP contribution is -2.46. The zero-order valence-corrected chi connectivity index (χ0v) is 10.8. The zero-order valence-electron chi connectivity index (χ0n) is 9.26. The average molecular weight is 289 g/mol. The van der Waals surface area contributed by atoms with E-state index in [0.29, 0.717) is 5.56 Å². The van der Waals surface area contributed by atoms with Gasteiger partial charge in [0.1, 0.15) is 0 Å². The Labute approximate surface area is 102 Å². The van der Waals surface area contributed by atoms with Crippen molar-refractivity contribution in [1.29, 1.82) is 0 Å². The first kappa shape index (κ1) is 12.0. The second-order valence-electron chi connectivity index (χ2n) is 4.39. The summed E-state index contributed by atoms with van der Waals surface area (Å²) in [5.74, 6) is -0.448. The summed E-state index contributed by atoms with van der Waals surface area (Å²) in [5, 5.41) is 0. The van der Waals surface area contributed by atoms with Gasteiger partial charge in [0.05, 0.1) is 11.6 Å². The topological polar surface area (TPSA) is 34.2 Å². The monoisotopic (exact) mass is 288 g/mol. The lowest BCUT2D eigenvalue weighted by Gasteiger charge is -2.37. The van der Waals surface area contributed by atoms with Gasteiger partial charge in [-0.05, 0) is 48.7 Å². The first-order valence-corrected chi connectivity index (χ1v) is 6.05. The smallest absolute Gasteiger partial charge is 0.218 e. The van der Waals surface area contributed by atoms with E-state index >= 15 is 0 Å². The van der Waals surface area contributed by atoms with Crippen molar-refractivity contribution in [2.24, 2.45) is 0 Å². The molecule has 3 nitrogen and oxygen atoms in total. The average Bonchev–Trinajstić information content (AvgIpc) is 2.26. The van der Waals surface area contributed by atoms with Gasteiger partial charge in [-0.3, -0.25) is 4.84 Å². The Morgan fingerprint density at radius 3 is 3.06 bits per heavy atom. The molecule has 1 aliphatic heterocycles. The molecule has 1 fully saturated rings. The predicted molar refractivity (Wildman–Crippen MR) is 62.2 cm³/mol. The van der Waals surface area contributed by atoms with Crippen molar-refractivity contribution in [3.8, 4) is 0 Å². The molecule has 88 valence electrons. The summed E-state index contributed by atoms with van der Waals surface area (Å²) in [5.41, 5.74) is 2.96. The molecule has 0 bridgehead atoms. The molecular formula is C11H14BrFN2O. The summed E-state index contributed by atoms with van der Waals surface area (Å²) in [4.78, 5) is 9.09. The maximum atomic E-state index is 13.7. The van der Waals surface area contributed by atoms with Crippen LogP contribution in [0.25, 0.3) is 0 Å². The molecule has 0 radical (unpaired) electrons. The third kappa shape index (κ3) is 2.26. The van der Waals surface area contributed by atoms with E-state index in [9.17, 15) is 4.39 Å². The number of hydrogen-bond acceptors (Lipinski definition) is 3. The number of halogens is 2. The van der Waals surface area contributed by atoms with E-state index in [1.807, 2.05) is 13.8 Å². The number of pyridine rings is 1. The molecule has 0 aliphatic carbocycles. The van der Waals surface area contributed by atoms with Crippen molar-refractivity contribution in [1.82, 2.24) is 10.5 Å². The largest absolute Gasteiger partial charge is 0.298 e. The van der Waals surface area contributed by atoms with Gasteiger partial charge in [0.25, 0.3) is 0 Å². The van der Waals surface area contributed by atoms with Crippen LogP contribution >= 0.6 is 15.9 Å². The van der Waals surface area contributed by atoms with Crippen LogP contribution in [-0.2, 0) is 10.4 Å². The molecule has 0 unspecified atom stereocenters. The van der Waals surface area contributed by atoms with Crippen molar-refractivity contribution in [2.45, 2.75) is 38.3 Å². The Hall–Kier alpha value is -0.520. The molecule has 1 N–H and O–H groups in total. The van der Waals surface area contributed by atoms with Crippen molar-refractivity contribution in [3.05, 3.63) is 28.2 Å². The SMILES string of the molecule is C[C@@H]1CC[C@](C)(c2cc(Br)cnc2F)NO1. The number of hydroxylamine groups is 1. The first-order chi connectivity index (χ1) is 7.51.